The molecule has 170 valence electrons. The van der Waals surface area contributed by atoms with Crippen molar-refractivity contribution in [3.05, 3.63) is 64.4 Å². The number of nitrogens with one attached hydrogen (secondary N) is 1. The van der Waals surface area contributed by atoms with Gasteiger partial charge in [-0.1, -0.05) is 44.5 Å². The maximum Gasteiger partial charge on any atom is 0.251 e. The number of anilines is 1. The van der Waals surface area contributed by atoms with Gasteiger partial charge in [-0.2, -0.15) is 0 Å². The number of carbonyl (C=O) groups is 1. The normalized spacial score (nSPS) is 12.5. The molecular weight excluding hydrogens is 439 g/mol. The Hall–Kier alpha value is -2.12. The number of benzene rings is 2. The topological polar surface area (TPSA) is 66.5 Å². The summed E-state index contributed by atoms with van der Waals surface area (Å²) in [4.78, 5) is 12.7. The summed E-state index contributed by atoms with van der Waals surface area (Å²) in [5.41, 5.74) is 1.12. The number of sulfonamides is 1. The van der Waals surface area contributed by atoms with Gasteiger partial charge in [0.25, 0.3) is 5.91 Å². The second-order valence-electron chi connectivity index (χ2n) is 9.64. The largest absolute Gasteiger partial charge is 0.347 e. The van der Waals surface area contributed by atoms with Gasteiger partial charge in [-0.15, -0.1) is 0 Å². The van der Waals surface area contributed by atoms with E-state index in [1.807, 2.05) is 13.8 Å². The van der Waals surface area contributed by atoms with E-state index < -0.39 is 15.8 Å². The van der Waals surface area contributed by atoms with E-state index in [1.54, 1.807) is 24.3 Å². The van der Waals surface area contributed by atoms with Crippen LogP contribution in [0.3, 0.4) is 0 Å². The minimum absolute atomic E-state index is 0.0260. The van der Waals surface area contributed by atoms with Gasteiger partial charge in [0.05, 0.1) is 23.5 Å². The molecule has 0 saturated heterocycles. The molecule has 1 N–H and O–H groups in total. The Morgan fingerprint density at radius 1 is 1.06 bits per heavy atom. The molecule has 5 nitrogen and oxygen atoms in total. The van der Waals surface area contributed by atoms with Crippen molar-refractivity contribution in [2.24, 2.45) is 5.41 Å². The maximum absolute atomic E-state index is 13.5. The third-order valence-corrected chi connectivity index (χ3v) is 5.99. The van der Waals surface area contributed by atoms with Gasteiger partial charge >= 0.3 is 0 Å². The number of hydrogen-bond donors (Lipinski definition) is 1. The van der Waals surface area contributed by atoms with Crippen molar-refractivity contribution in [3.63, 3.8) is 0 Å². The summed E-state index contributed by atoms with van der Waals surface area (Å²) in [5.74, 6) is -0.810. The first-order valence-corrected chi connectivity index (χ1v) is 12.1. The molecule has 0 aromatic heterocycles. The number of halogens is 2. The predicted octanol–water partition coefficient (Wildman–Crippen LogP) is 5.39. The lowest BCUT2D eigenvalue weighted by atomic mass is 9.81. The van der Waals surface area contributed by atoms with Crippen LogP contribution in [0.2, 0.25) is 5.02 Å². The molecule has 0 heterocycles. The van der Waals surface area contributed by atoms with Gasteiger partial charge in [0.15, 0.2) is 0 Å². The van der Waals surface area contributed by atoms with Crippen molar-refractivity contribution >= 4 is 33.2 Å². The zero-order chi connectivity index (χ0) is 23.6. The Morgan fingerprint density at radius 2 is 1.65 bits per heavy atom. The molecule has 0 atom stereocenters. The van der Waals surface area contributed by atoms with Crippen LogP contribution in [0.5, 0.6) is 0 Å². The third-order valence-electron chi connectivity index (χ3n) is 4.56. The number of nitrogens with zero attached hydrogens (tertiary/aromatic N) is 1. The SMILES string of the molecule is CC(C)(C)CC(C)(C)NC(=O)c1ccc(CN(c2ccc(F)c(Cl)c2)S(C)(=O)=O)cc1. The van der Waals surface area contributed by atoms with Gasteiger partial charge in [0, 0.05) is 11.1 Å². The average molecular weight is 469 g/mol. The zero-order valence-corrected chi connectivity index (χ0v) is 20.4. The summed E-state index contributed by atoms with van der Waals surface area (Å²) in [6, 6.07) is 10.5. The first-order valence-electron chi connectivity index (χ1n) is 9.92. The van der Waals surface area contributed by atoms with Crippen molar-refractivity contribution in [2.45, 2.75) is 53.1 Å². The van der Waals surface area contributed by atoms with E-state index in [9.17, 15) is 17.6 Å². The molecule has 0 spiro atoms. The molecule has 0 radical (unpaired) electrons. The van der Waals surface area contributed by atoms with Crippen LogP contribution in [0.4, 0.5) is 10.1 Å². The first-order chi connectivity index (χ1) is 14.1. The lowest BCUT2D eigenvalue weighted by Crippen LogP contribution is -2.45. The van der Waals surface area contributed by atoms with E-state index in [4.69, 9.17) is 11.6 Å². The number of amides is 1. The van der Waals surface area contributed by atoms with Gasteiger partial charge in [-0.05, 0) is 61.6 Å². The maximum atomic E-state index is 13.5. The van der Waals surface area contributed by atoms with E-state index in [1.165, 1.54) is 12.1 Å². The fraction of sp³-hybridized carbons (Fsp3) is 0.435. The summed E-state index contributed by atoms with van der Waals surface area (Å²) < 4.78 is 39.2. The Morgan fingerprint density at radius 3 is 2.13 bits per heavy atom. The minimum atomic E-state index is -3.64. The minimum Gasteiger partial charge on any atom is -0.347 e. The summed E-state index contributed by atoms with van der Waals surface area (Å²) in [6.07, 6.45) is 1.89. The van der Waals surface area contributed by atoms with Crippen LogP contribution < -0.4 is 9.62 Å². The van der Waals surface area contributed by atoms with E-state index in [-0.39, 0.29) is 34.1 Å². The predicted molar refractivity (Wildman–Crippen MR) is 124 cm³/mol. The molecule has 0 aliphatic carbocycles. The molecule has 0 aliphatic rings. The summed E-state index contributed by atoms with van der Waals surface area (Å²) in [5, 5.41) is 2.90. The Bertz CT molecular complexity index is 1050. The monoisotopic (exact) mass is 468 g/mol. The van der Waals surface area contributed by atoms with Gasteiger partial charge in [-0.25, -0.2) is 12.8 Å². The van der Waals surface area contributed by atoms with E-state index in [0.29, 0.717) is 11.1 Å². The summed E-state index contributed by atoms with van der Waals surface area (Å²) >= 11 is 5.82. The van der Waals surface area contributed by atoms with Crippen molar-refractivity contribution in [2.75, 3.05) is 10.6 Å². The second-order valence-corrected chi connectivity index (χ2v) is 12.0. The Kier molecular flexibility index (Phi) is 7.43. The number of carbonyl (C=O) groups excluding carboxylic acids is 1. The van der Waals surface area contributed by atoms with Gasteiger partial charge in [-0.3, -0.25) is 9.10 Å². The van der Waals surface area contributed by atoms with Crippen LogP contribution in [-0.4, -0.2) is 26.1 Å². The molecule has 0 fully saturated rings. The van der Waals surface area contributed by atoms with Gasteiger partial charge < -0.3 is 5.32 Å². The molecule has 2 rings (SSSR count). The second kappa shape index (κ2) is 9.17. The zero-order valence-electron chi connectivity index (χ0n) is 18.8. The highest BCUT2D eigenvalue weighted by molar-refractivity contribution is 7.92. The van der Waals surface area contributed by atoms with Crippen molar-refractivity contribution in [1.29, 1.82) is 0 Å². The Labute approximate surface area is 189 Å². The quantitative estimate of drug-likeness (QED) is 0.592. The molecule has 2 aromatic carbocycles. The molecule has 0 unspecified atom stereocenters. The molecule has 0 aliphatic heterocycles. The van der Waals surface area contributed by atoms with Crippen molar-refractivity contribution in [3.8, 4) is 0 Å². The molecule has 0 saturated carbocycles. The lowest BCUT2D eigenvalue weighted by molar-refractivity contribution is 0.0891. The average Bonchev–Trinajstić information content (AvgIpc) is 2.59. The van der Waals surface area contributed by atoms with Crippen LogP contribution in [-0.2, 0) is 16.6 Å². The smallest absolute Gasteiger partial charge is 0.251 e. The lowest BCUT2D eigenvalue weighted by Gasteiger charge is -2.33. The Balaban J connectivity index is 2.19. The fourth-order valence-electron chi connectivity index (χ4n) is 3.72. The van der Waals surface area contributed by atoms with E-state index >= 15 is 0 Å². The molecule has 0 bridgehead atoms. The van der Waals surface area contributed by atoms with Gasteiger partial charge in [0.1, 0.15) is 5.82 Å². The first kappa shape index (κ1) is 25.1. The summed E-state index contributed by atoms with van der Waals surface area (Å²) in [6.45, 7) is 10.4. The highest BCUT2D eigenvalue weighted by Crippen LogP contribution is 2.28. The van der Waals surface area contributed by atoms with Gasteiger partial charge in [0.2, 0.25) is 10.0 Å². The van der Waals surface area contributed by atoms with Crippen LogP contribution in [0, 0.1) is 11.2 Å². The van der Waals surface area contributed by atoms with Crippen LogP contribution in [0.15, 0.2) is 42.5 Å². The van der Waals surface area contributed by atoms with E-state index in [0.717, 1.165) is 23.0 Å². The standard InChI is InChI=1S/C23H30ClFN2O3S/c1-22(2,3)15-23(4,5)26-21(28)17-9-7-16(8-10-17)14-27(31(6,29)30)18-11-12-20(25)19(24)13-18/h7-13H,14-15H2,1-6H3,(H,26,28). The van der Waals surface area contributed by atoms with E-state index in [2.05, 4.69) is 26.1 Å². The highest BCUT2D eigenvalue weighted by atomic mass is 35.5. The molecular formula is C23H30ClFN2O3S. The molecule has 2 aromatic rings. The van der Waals surface area contributed by atoms with Crippen molar-refractivity contribution in [1.82, 2.24) is 5.32 Å². The number of rotatable bonds is 7. The molecule has 8 heteroatoms. The van der Waals surface area contributed by atoms with Crippen LogP contribution in [0.1, 0.15) is 57.0 Å². The third kappa shape index (κ3) is 7.51. The highest BCUT2D eigenvalue weighted by Gasteiger charge is 2.27. The van der Waals surface area contributed by atoms with Crippen LogP contribution in [0.25, 0.3) is 0 Å². The molecule has 1 amide bonds. The molecule has 31 heavy (non-hydrogen) atoms. The summed E-state index contributed by atoms with van der Waals surface area (Å²) in [7, 11) is -3.64. The fourth-order valence-corrected chi connectivity index (χ4v) is 4.77. The number of hydrogen-bond acceptors (Lipinski definition) is 3. The van der Waals surface area contributed by atoms with Crippen LogP contribution >= 0.6 is 11.6 Å². The van der Waals surface area contributed by atoms with Crippen molar-refractivity contribution < 1.29 is 17.6 Å².